The summed E-state index contributed by atoms with van der Waals surface area (Å²) in [6.07, 6.45) is 3.27. The van der Waals surface area contributed by atoms with Gasteiger partial charge in [-0.15, -0.1) is 0 Å². The number of carbonyl (C=O) groups excluding carboxylic acids is 2. The molecule has 0 bridgehead atoms. The average Bonchev–Trinajstić information content (AvgIpc) is 2.25. The zero-order valence-corrected chi connectivity index (χ0v) is 14.7. The molecule has 0 saturated carbocycles. The van der Waals surface area contributed by atoms with Crippen molar-refractivity contribution in [3.05, 3.63) is 0 Å². The van der Waals surface area contributed by atoms with E-state index in [1.165, 1.54) is 0 Å². The fourth-order valence-corrected chi connectivity index (χ4v) is 1.86. The lowest BCUT2D eigenvalue weighted by Crippen LogP contribution is -2.11. The maximum atomic E-state index is 11.2. The molecule has 0 saturated heterocycles. The molecule has 6 heteroatoms. The van der Waals surface area contributed by atoms with Crippen LogP contribution in [-0.4, -0.2) is 34.8 Å². The van der Waals surface area contributed by atoms with E-state index in [0.29, 0.717) is 26.1 Å². The van der Waals surface area contributed by atoms with Gasteiger partial charge >= 0.3 is 11.9 Å². The van der Waals surface area contributed by atoms with Gasteiger partial charge in [-0.1, -0.05) is 45.7 Å². The van der Waals surface area contributed by atoms with Crippen molar-refractivity contribution in [2.24, 2.45) is 0 Å². The van der Waals surface area contributed by atoms with Crippen molar-refractivity contribution in [2.75, 3.05) is 13.2 Å². The first-order valence-corrected chi connectivity index (χ1v) is 8.34. The molecule has 4 nitrogen and oxygen atoms in total. The molecule has 0 heterocycles. The standard InChI is InChI=1S/C13H22Br2O4/c1-10(14)8-12(16)18-6-4-3-5-7-19-13(17)9-11(2)15/h10-11H,3-9H2,1-2H3. The second-order valence-corrected chi connectivity index (χ2v) is 7.60. The summed E-state index contributed by atoms with van der Waals surface area (Å²) in [5.41, 5.74) is 0. The quantitative estimate of drug-likeness (QED) is 0.319. The van der Waals surface area contributed by atoms with Crippen molar-refractivity contribution in [1.82, 2.24) is 0 Å². The normalized spacial score (nSPS) is 13.7. The van der Waals surface area contributed by atoms with E-state index < -0.39 is 0 Å². The zero-order valence-electron chi connectivity index (χ0n) is 11.5. The molecule has 0 aliphatic carbocycles. The lowest BCUT2D eigenvalue weighted by molar-refractivity contribution is -0.143. The van der Waals surface area contributed by atoms with Crippen LogP contribution in [0, 0.1) is 0 Å². The molecular weight excluding hydrogens is 380 g/mol. The van der Waals surface area contributed by atoms with Gasteiger partial charge < -0.3 is 9.47 Å². The highest BCUT2D eigenvalue weighted by Gasteiger charge is 2.07. The molecule has 0 amide bonds. The molecule has 0 N–H and O–H groups in total. The Labute approximate surface area is 131 Å². The highest BCUT2D eigenvalue weighted by atomic mass is 79.9. The number of rotatable bonds is 10. The first-order chi connectivity index (χ1) is 8.91. The van der Waals surface area contributed by atoms with Gasteiger partial charge in [-0.3, -0.25) is 9.59 Å². The number of carbonyl (C=O) groups is 2. The Morgan fingerprint density at radius 1 is 0.842 bits per heavy atom. The number of esters is 2. The van der Waals surface area contributed by atoms with Gasteiger partial charge in [0.05, 0.1) is 26.1 Å². The van der Waals surface area contributed by atoms with Gasteiger partial charge in [0.2, 0.25) is 0 Å². The van der Waals surface area contributed by atoms with E-state index in [1.807, 2.05) is 13.8 Å². The molecular formula is C13H22Br2O4. The van der Waals surface area contributed by atoms with E-state index in [-0.39, 0.29) is 21.6 Å². The first-order valence-electron chi connectivity index (χ1n) is 6.51. The van der Waals surface area contributed by atoms with Gasteiger partial charge in [0, 0.05) is 9.65 Å². The van der Waals surface area contributed by atoms with Crippen LogP contribution in [0.5, 0.6) is 0 Å². The molecule has 2 unspecified atom stereocenters. The number of alkyl halides is 2. The second kappa shape index (κ2) is 11.7. The Bertz CT molecular complexity index is 241. The van der Waals surface area contributed by atoms with Crippen LogP contribution in [-0.2, 0) is 19.1 Å². The topological polar surface area (TPSA) is 52.6 Å². The van der Waals surface area contributed by atoms with Crippen molar-refractivity contribution in [3.63, 3.8) is 0 Å². The smallest absolute Gasteiger partial charge is 0.306 e. The number of hydrogen-bond donors (Lipinski definition) is 0. The molecule has 0 aliphatic heterocycles. The molecule has 0 aromatic heterocycles. The van der Waals surface area contributed by atoms with Gasteiger partial charge in [-0.05, 0) is 19.3 Å². The minimum Gasteiger partial charge on any atom is -0.466 e. The Hall–Kier alpha value is -0.100. The third kappa shape index (κ3) is 14.1. The van der Waals surface area contributed by atoms with Crippen molar-refractivity contribution in [3.8, 4) is 0 Å². The lowest BCUT2D eigenvalue weighted by atomic mass is 10.2. The van der Waals surface area contributed by atoms with Gasteiger partial charge in [0.15, 0.2) is 0 Å². The van der Waals surface area contributed by atoms with Crippen LogP contribution >= 0.6 is 31.9 Å². The number of halogens is 2. The van der Waals surface area contributed by atoms with Crippen LogP contribution in [0.1, 0.15) is 46.0 Å². The molecule has 0 aliphatic rings. The van der Waals surface area contributed by atoms with Crippen molar-refractivity contribution >= 4 is 43.8 Å². The van der Waals surface area contributed by atoms with E-state index in [2.05, 4.69) is 31.9 Å². The molecule has 2 atom stereocenters. The van der Waals surface area contributed by atoms with Crippen LogP contribution in [0.15, 0.2) is 0 Å². The highest BCUT2D eigenvalue weighted by Crippen LogP contribution is 2.06. The van der Waals surface area contributed by atoms with E-state index in [0.717, 1.165) is 19.3 Å². The summed E-state index contributed by atoms with van der Waals surface area (Å²) >= 11 is 6.59. The number of hydrogen-bond acceptors (Lipinski definition) is 4. The summed E-state index contributed by atoms with van der Waals surface area (Å²) < 4.78 is 10.1. The predicted octanol–water partition coefficient (Wildman–Crippen LogP) is 3.59. The predicted molar refractivity (Wildman–Crippen MR) is 81.8 cm³/mol. The lowest BCUT2D eigenvalue weighted by Gasteiger charge is -2.07. The fourth-order valence-electron chi connectivity index (χ4n) is 1.33. The highest BCUT2D eigenvalue weighted by molar-refractivity contribution is 9.09. The van der Waals surface area contributed by atoms with E-state index >= 15 is 0 Å². The SMILES string of the molecule is CC(Br)CC(=O)OCCCCCOC(=O)CC(C)Br. The number of unbranched alkanes of at least 4 members (excludes halogenated alkanes) is 2. The maximum Gasteiger partial charge on any atom is 0.306 e. The van der Waals surface area contributed by atoms with Crippen LogP contribution in [0.25, 0.3) is 0 Å². The third-order valence-corrected chi connectivity index (χ3v) is 2.86. The van der Waals surface area contributed by atoms with Crippen molar-refractivity contribution < 1.29 is 19.1 Å². The van der Waals surface area contributed by atoms with Crippen LogP contribution in [0.3, 0.4) is 0 Å². The molecule has 0 aromatic carbocycles. The Morgan fingerprint density at radius 3 is 1.53 bits per heavy atom. The van der Waals surface area contributed by atoms with Gasteiger partial charge in [-0.2, -0.15) is 0 Å². The van der Waals surface area contributed by atoms with Gasteiger partial charge in [0.25, 0.3) is 0 Å². The summed E-state index contributed by atoms with van der Waals surface area (Å²) in [4.78, 5) is 22.7. The summed E-state index contributed by atoms with van der Waals surface area (Å²) in [6.45, 7) is 4.68. The Morgan fingerprint density at radius 2 is 1.21 bits per heavy atom. The summed E-state index contributed by atoms with van der Waals surface area (Å²) in [6, 6.07) is 0. The molecule has 0 rings (SSSR count). The van der Waals surface area contributed by atoms with Crippen molar-refractivity contribution in [2.45, 2.75) is 55.6 Å². The largest absolute Gasteiger partial charge is 0.466 e. The molecule has 0 spiro atoms. The van der Waals surface area contributed by atoms with Crippen LogP contribution < -0.4 is 0 Å². The van der Waals surface area contributed by atoms with Crippen LogP contribution in [0.4, 0.5) is 0 Å². The number of ether oxygens (including phenoxy) is 2. The summed E-state index contributed by atoms with van der Waals surface area (Å²) in [5, 5.41) is 0. The van der Waals surface area contributed by atoms with Gasteiger partial charge in [-0.25, -0.2) is 0 Å². The van der Waals surface area contributed by atoms with Crippen LogP contribution in [0.2, 0.25) is 0 Å². The molecule has 112 valence electrons. The van der Waals surface area contributed by atoms with E-state index in [1.54, 1.807) is 0 Å². The molecule has 0 radical (unpaired) electrons. The molecule has 19 heavy (non-hydrogen) atoms. The zero-order chi connectivity index (χ0) is 14.7. The molecule has 0 fully saturated rings. The Kier molecular flexibility index (Phi) is 11.6. The first kappa shape index (κ1) is 18.9. The maximum absolute atomic E-state index is 11.2. The molecule has 0 aromatic rings. The third-order valence-electron chi connectivity index (χ3n) is 2.21. The van der Waals surface area contributed by atoms with Gasteiger partial charge in [0.1, 0.15) is 0 Å². The minimum atomic E-state index is -0.179. The average molecular weight is 402 g/mol. The fraction of sp³-hybridized carbons (Fsp3) is 0.846. The monoisotopic (exact) mass is 400 g/mol. The second-order valence-electron chi connectivity index (χ2n) is 4.47. The minimum absolute atomic E-state index is 0.149. The summed E-state index contributed by atoms with van der Waals surface area (Å²) in [7, 11) is 0. The van der Waals surface area contributed by atoms with E-state index in [9.17, 15) is 9.59 Å². The Balaban J connectivity index is 3.32. The summed E-state index contributed by atoms with van der Waals surface area (Å²) in [5.74, 6) is -0.357. The van der Waals surface area contributed by atoms with Crippen molar-refractivity contribution in [1.29, 1.82) is 0 Å². The van der Waals surface area contributed by atoms with E-state index in [4.69, 9.17) is 9.47 Å².